The highest BCUT2D eigenvalue weighted by molar-refractivity contribution is 14.1. The predicted molar refractivity (Wildman–Crippen MR) is 97.9 cm³/mol. The summed E-state index contributed by atoms with van der Waals surface area (Å²) in [5.74, 6) is 1.27. The Bertz CT molecular complexity index is 818. The van der Waals surface area contributed by atoms with Crippen LogP contribution in [-0.4, -0.2) is 26.9 Å². The van der Waals surface area contributed by atoms with Gasteiger partial charge in [0.05, 0.1) is 24.1 Å². The summed E-state index contributed by atoms with van der Waals surface area (Å²) in [5.41, 5.74) is 2.66. The highest BCUT2D eigenvalue weighted by atomic mass is 127. The van der Waals surface area contributed by atoms with E-state index in [1.165, 1.54) is 0 Å². The average molecular weight is 421 g/mol. The molecule has 0 amide bonds. The summed E-state index contributed by atoms with van der Waals surface area (Å²) in [6, 6.07) is 9.55. The molecule has 0 radical (unpaired) electrons. The Labute approximate surface area is 148 Å². The van der Waals surface area contributed by atoms with Crippen LogP contribution in [0.3, 0.4) is 0 Å². The van der Waals surface area contributed by atoms with Crippen LogP contribution < -0.4 is 10.1 Å². The number of ether oxygens (including phenoxy) is 1. The summed E-state index contributed by atoms with van der Waals surface area (Å²) in [4.78, 5) is 8.87. The van der Waals surface area contributed by atoms with Crippen LogP contribution in [0.15, 0.2) is 42.7 Å². The third-order valence-corrected chi connectivity index (χ3v) is 4.12. The van der Waals surface area contributed by atoms with E-state index in [0.29, 0.717) is 5.95 Å². The molecule has 0 spiro atoms. The highest BCUT2D eigenvalue weighted by Gasteiger charge is 2.11. The lowest BCUT2D eigenvalue weighted by Gasteiger charge is -2.10. The zero-order valence-corrected chi connectivity index (χ0v) is 15.0. The molecule has 7 heteroatoms. The van der Waals surface area contributed by atoms with E-state index in [4.69, 9.17) is 4.74 Å². The molecule has 3 aromatic rings. The maximum Gasteiger partial charge on any atom is 0.227 e. The molecule has 1 aromatic carbocycles. The van der Waals surface area contributed by atoms with E-state index in [2.05, 4.69) is 49.9 Å². The van der Waals surface area contributed by atoms with Crippen LogP contribution in [0.25, 0.3) is 11.3 Å². The standard InChI is InChI=1S/C16H16IN5O/c1-3-22-10-11(15(17)21-22)12-8-9-18-16(19-12)20-13-6-4-5-7-14(13)23-2/h4-10H,3H2,1-2H3,(H,18,19,20). The molecule has 0 aliphatic heterocycles. The largest absolute Gasteiger partial charge is 0.495 e. The molecule has 0 aliphatic carbocycles. The van der Waals surface area contributed by atoms with Gasteiger partial charge in [-0.2, -0.15) is 5.10 Å². The molecule has 0 bridgehead atoms. The van der Waals surface area contributed by atoms with Crippen molar-refractivity contribution in [2.24, 2.45) is 0 Å². The van der Waals surface area contributed by atoms with Gasteiger partial charge in [-0.05, 0) is 47.7 Å². The van der Waals surface area contributed by atoms with Gasteiger partial charge in [0.15, 0.2) is 0 Å². The number of benzene rings is 1. The van der Waals surface area contributed by atoms with Crippen molar-refractivity contribution >= 4 is 34.2 Å². The third-order valence-electron chi connectivity index (χ3n) is 3.33. The zero-order chi connectivity index (χ0) is 16.2. The molecule has 1 N–H and O–H groups in total. The average Bonchev–Trinajstić information content (AvgIpc) is 2.97. The fourth-order valence-electron chi connectivity index (χ4n) is 2.17. The zero-order valence-electron chi connectivity index (χ0n) is 12.8. The number of aromatic nitrogens is 4. The molecule has 2 heterocycles. The van der Waals surface area contributed by atoms with Crippen LogP contribution in [0.5, 0.6) is 5.75 Å². The molecule has 23 heavy (non-hydrogen) atoms. The van der Waals surface area contributed by atoms with Gasteiger partial charge in [-0.25, -0.2) is 9.97 Å². The molecular weight excluding hydrogens is 405 g/mol. The van der Waals surface area contributed by atoms with Crippen molar-refractivity contribution in [3.05, 3.63) is 46.4 Å². The fraction of sp³-hybridized carbons (Fsp3) is 0.188. The van der Waals surface area contributed by atoms with E-state index < -0.39 is 0 Å². The second-order valence-corrected chi connectivity index (χ2v) is 5.80. The normalized spacial score (nSPS) is 10.6. The van der Waals surface area contributed by atoms with Gasteiger partial charge >= 0.3 is 0 Å². The molecule has 0 saturated carbocycles. The first-order chi connectivity index (χ1) is 11.2. The van der Waals surface area contributed by atoms with Gasteiger partial charge in [-0.3, -0.25) is 4.68 Å². The summed E-state index contributed by atoms with van der Waals surface area (Å²) in [5, 5.41) is 7.65. The lowest BCUT2D eigenvalue weighted by molar-refractivity contribution is 0.417. The van der Waals surface area contributed by atoms with Gasteiger partial charge in [0, 0.05) is 18.9 Å². The van der Waals surface area contributed by atoms with Crippen LogP contribution in [0, 0.1) is 3.70 Å². The van der Waals surface area contributed by atoms with E-state index in [1.807, 2.05) is 41.2 Å². The predicted octanol–water partition coefficient (Wildman–Crippen LogP) is 3.72. The molecule has 118 valence electrons. The van der Waals surface area contributed by atoms with Crippen molar-refractivity contribution in [3.63, 3.8) is 0 Å². The van der Waals surface area contributed by atoms with Crippen molar-refractivity contribution in [1.82, 2.24) is 19.7 Å². The molecule has 0 unspecified atom stereocenters. The minimum Gasteiger partial charge on any atom is -0.495 e. The lowest BCUT2D eigenvalue weighted by Crippen LogP contribution is -1.99. The molecule has 0 fully saturated rings. The quantitative estimate of drug-likeness (QED) is 0.637. The smallest absolute Gasteiger partial charge is 0.227 e. The van der Waals surface area contributed by atoms with Gasteiger partial charge < -0.3 is 10.1 Å². The number of nitrogens with zero attached hydrogens (tertiary/aromatic N) is 4. The lowest BCUT2D eigenvalue weighted by atomic mass is 10.2. The van der Waals surface area contributed by atoms with Gasteiger partial charge in [0.2, 0.25) is 5.95 Å². The van der Waals surface area contributed by atoms with Gasteiger partial charge in [0.25, 0.3) is 0 Å². The number of para-hydroxylation sites is 2. The monoisotopic (exact) mass is 421 g/mol. The highest BCUT2D eigenvalue weighted by Crippen LogP contribution is 2.27. The Kier molecular flexibility index (Phi) is 4.75. The Balaban J connectivity index is 1.92. The Morgan fingerprint density at radius 1 is 1.26 bits per heavy atom. The topological polar surface area (TPSA) is 64.9 Å². The van der Waals surface area contributed by atoms with E-state index in [1.54, 1.807) is 13.3 Å². The molecule has 2 aromatic heterocycles. The van der Waals surface area contributed by atoms with Gasteiger partial charge in [-0.15, -0.1) is 0 Å². The van der Waals surface area contributed by atoms with Gasteiger partial charge in [0.1, 0.15) is 9.45 Å². The minimum atomic E-state index is 0.520. The van der Waals surface area contributed by atoms with Crippen LogP contribution in [-0.2, 0) is 6.54 Å². The number of hydrogen-bond donors (Lipinski definition) is 1. The number of rotatable bonds is 5. The van der Waals surface area contributed by atoms with Crippen molar-refractivity contribution in [2.75, 3.05) is 12.4 Å². The first-order valence-electron chi connectivity index (χ1n) is 7.17. The third kappa shape index (κ3) is 3.44. The summed E-state index contributed by atoms with van der Waals surface area (Å²) in [6.07, 6.45) is 3.73. The summed E-state index contributed by atoms with van der Waals surface area (Å²) in [6.45, 7) is 2.88. The number of nitrogens with one attached hydrogen (secondary N) is 1. The summed E-state index contributed by atoms with van der Waals surface area (Å²) in [7, 11) is 1.64. The summed E-state index contributed by atoms with van der Waals surface area (Å²) < 4.78 is 8.15. The second kappa shape index (κ2) is 6.95. The SMILES string of the molecule is CCn1cc(-c2ccnc(Nc3ccccc3OC)n2)c(I)n1. The van der Waals surface area contributed by atoms with Crippen molar-refractivity contribution < 1.29 is 4.74 Å². The number of methoxy groups -OCH3 is 1. The molecular formula is C16H16IN5O. The molecule has 3 rings (SSSR count). The van der Waals surface area contributed by atoms with E-state index in [0.717, 1.165) is 32.9 Å². The van der Waals surface area contributed by atoms with E-state index in [9.17, 15) is 0 Å². The van der Waals surface area contributed by atoms with Crippen LogP contribution >= 0.6 is 22.6 Å². The first kappa shape index (κ1) is 15.7. The van der Waals surface area contributed by atoms with Crippen molar-refractivity contribution in [1.29, 1.82) is 0 Å². The fourth-order valence-corrected chi connectivity index (χ4v) is 2.86. The maximum absolute atomic E-state index is 5.34. The second-order valence-electron chi connectivity index (χ2n) is 4.78. The number of anilines is 2. The molecule has 0 aliphatic rings. The van der Waals surface area contributed by atoms with Crippen molar-refractivity contribution in [3.8, 4) is 17.0 Å². The van der Waals surface area contributed by atoms with Gasteiger partial charge in [-0.1, -0.05) is 12.1 Å². The van der Waals surface area contributed by atoms with E-state index >= 15 is 0 Å². The Morgan fingerprint density at radius 2 is 2.09 bits per heavy atom. The number of hydrogen-bond acceptors (Lipinski definition) is 5. The van der Waals surface area contributed by atoms with Crippen LogP contribution in [0.2, 0.25) is 0 Å². The Hall–Kier alpha value is -2.16. The van der Waals surface area contributed by atoms with Crippen LogP contribution in [0.4, 0.5) is 11.6 Å². The minimum absolute atomic E-state index is 0.520. The maximum atomic E-state index is 5.34. The summed E-state index contributed by atoms with van der Waals surface area (Å²) >= 11 is 2.22. The van der Waals surface area contributed by atoms with E-state index in [-0.39, 0.29) is 0 Å². The molecule has 6 nitrogen and oxygen atoms in total. The van der Waals surface area contributed by atoms with Crippen molar-refractivity contribution in [2.45, 2.75) is 13.5 Å². The number of halogens is 1. The molecule has 0 saturated heterocycles. The number of aryl methyl sites for hydroxylation is 1. The Morgan fingerprint density at radius 3 is 2.83 bits per heavy atom. The molecule has 0 atom stereocenters. The first-order valence-corrected chi connectivity index (χ1v) is 8.25. The van der Waals surface area contributed by atoms with Crippen LogP contribution in [0.1, 0.15) is 6.92 Å².